The maximum Gasteiger partial charge on any atom is 0.307 e. The van der Waals surface area contributed by atoms with Crippen LogP contribution in [0.3, 0.4) is 0 Å². The van der Waals surface area contributed by atoms with E-state index in [4.69, 9.17) is 9.47 Å². The first kappa shape index (κ1) is 15.1. The summed E-state index contributed by atoms with van der Waals surface area (Å²) in [7, 11) is 1.58. The first-order valence-corrected chi connectivity index (χ1v) is 7.56. The molecule has 3 rings (SSSR count). The first-order chi connectivity index (χ1) is 10.6. The van der Waals surface area contributed by atoms with Crippen molar-refractivity contribution in [3.63, 3.8) is 0 Å². The predicted octanol–water partition coefficient (Wildman–Crippen LogP) is 1.29. The lowest BCUT2D eigenvalue weighted by Crippen LogP contribution is -2.51. The number of hydrogen-bond acceptors (Lipinski definition) is 5. The number of benzene rings is 1. The summed E-state index contributed by atoms with van der Waals surface area (Å²) in [6, 6.07) is 5.16. The van der Waals surface area contributed by atoms with Crippen LogP contribution >= 0.6 is 0 Å². The Morgan fingerprint density at radius 3 is 3.00 bits per heavy atom. The quantitative estimate of drug-likeness (QED) is 0.876. The molecule has 0 bridgehead atoms. The molecule has 120 valence electrons. The van der Waals surface area contributed by atoms with Crippen LogP contribution in [0.4, 0.5) is 0 Å². The third kappa shape index (κ3) is 2.76. The third-order valence-electron chi connectivity index (χ3n) is 4.58. The third-order valence-corrected chi connectivity index (χ3v) is 4.58. The van der Waals surface area contributed by atoms with Gasteiger partial charge in [0.1, 0.15) is 24.2 Å². The lowest BCUT2D eigenvalue weighted by atomic mass is 9.92. The topological polar surface area (TPSA) is 79.2 Å². The summed E-state index contributed by atoms with van der Waals surface area (Å²) in [5.41, 5.74) is 0.702. The predicted molar refractivity (Wildman–Crippen MR) is 79.2 cm³/mol. The Labute approximate surface area is 129 Å². The zero-order valence-electron chi connectivity index (χ0n) is 12.6. The maximum atomic E-state index is 11.2. The number of carbonyl (C=O) groups is 1. The van der Waals surface area contributed by atoms with Crippen LogP contribution < -0.4 is 9.47 Å². The molecule has 6 heteroatoms. The molecule has 22 heavy (non-hydrogen) atoms. The van der Waals surface area contributed by atoms with Gasteiger partial charge in [0.2, 0.25) is 0 Å². The van der Waals surface area contributed by atoms with Crippen molar-refractivity contribution in [3.8, 4) is 11.5 Å². The molecule has 1 saturated heterocycles. The second kappa shape index (κ2) is 6.14. The summed E-state index contributed by atoms with van der Waals surface area (Å²) in [4.78, 5) is 13.2. The number of carboxylic acids is 1. The van der Waals surface area contributed by atoms with Gasteiger partial charge in [-0.15, -0.1) is 0 Å². The largest absolute Gasteiger partial charge is 0.497 e. The fraction of sp³-hybridized carbons (Fsp3) is 0.562. The number of fused-ring (bicyclic) bond motifs is 1. The molecule has 2 heterocycles. The van der Waals surface area contributed by atoms with Crippen molar-refractivity contribution in [2.75, 3.05) is 26.8 Å². The van der Waals surface area contributed by atoms with Gasteiger partial charge >= 0.3 is 5.97 Å². The Bertz CT molecular complexity index is 561. The number of nitrogens with zero attached hydrogens (tertiary/aromatic N) is 1. The van der Waals surface area contributed by atoms with E-state index in [-0.39, 0.29) is 12.0 Å². The van der Waals surface area contributed by atoms with Crippen molar-refractivity contribution in [2.45, 2.75) is 25.0 Å². The molecule has 2 aliphatic heterocycles. The highest BCUT2D eigenvalue weighted by molar-refractivity contribution is 5.70. The molecule has 0 saturated carbocycles. The number of aliphatic carboxylic acids is 1. The van der Waals surface area contributed by atoms with Crippen LogP contribution in [0.15, 0.2) is 18.2 Å². The van der Waals surface area contributed by atoms with E-state index >= 15 is 0 Å². The summed E-state index contributed by atoms with van der Waals surface area (Å²) in [5, 5.41) is 19.9. The number of aliphatic hydroxyl groups excluding tert-OH is 1. The minimum absolute atomic E-state index is 0.221. The number of carboxylic acid groups (broad SMARTS) is 1. The highest BCUT2D eigenvalue weighted by atomic mass is 16.5. The highest BCUT2D eigenvalue weighted by Gasteiger charge is 2.37. The van der Waals surface area contributed by atoms with Gasteiger partial charge in [0.25, 0.3) is 0 Å². The van der Waals surface area contributed by atoms with Gasteiger partial charge in [-0.2, -0.15) is 0 Å². The van der Waals surface area contributed by atoms with Gasteiger partial charge in [0.15, 0.2) is 0 Å². The molecular formula is C16H21NO5. The number of piperidine rings is 1. The van der Waals surface area contributed by atoms with Crippen LogP contribution in [-0.4, -0.2) is 53.9 Å². The van der Waals surface area contributed by atoms with Crippen molar-refractivity contribution >= 4 is 5.97 Å². The summed E-state index contributed by atoms with van der Waals surface area (Å²) in [6.45, 7) is 1.61. The van der Waals surface area contributed by atoms with E-state index in [0.717, 1.165) is 13.0 Å². The Balaban J connectivity index is 1.79. The molecule has 0 aromatic heterocycles. The summed E-state index contributed by atoms with van der Waals surface area (Å²) >= 11 is 0. The van der Waals surface area contributed by atoms with Crippen molar-refractivity contribution in [3.05, 3.63) is 23.8 Å². The molecule has 3 unspecified atom stereocenters. The Kier molecular flexibility index (Phi) is 4.22. The molecule has 2 aliphatic rings. The van der Waals surface area contributed by atoms with E-state index in [9.17, 15) is 15.0 Å². The molecule has 0 spiro atoms. The van der Waals surface area contributed by atoms with Gasteiger partial charge in [-0.05, 0) is 37.6 Å². The number of rotatable bonds is 3. The maximum absolute atomic E-state index is 11.2. The molecular weight excluding hydrogens is 286 g/mol. The molecule has 1 fully saturated rings. The molecule has 1 aromatic rings. The number of ether oxygens (including phenoxy) is 2. The molecule has 1 aromatic carbocycles. The molecule has 0 radical (unpaired) electrons. The summed E-state index contributed by atoms with van der Waals surface area (Å²) in [5.74, 6) is 0.200. The first-order valence-electron chi connectivity index (χ1n) is 7.56. The lowest BCUT2D eigenvalue weighted by Gasteiger charge is -2.41. The standard InChI is InChI=1S/C16H21NO5/c1-21-11-4-5-14-12(7-11)15(18)13(9-22-14)17-6-2-3-10(8-17)16(19)20/h4-5,7,10,13,15,18H,2-3,6,8-9H2,1H3,(H,19,20). The van der Waals surface area contributed by atoms with Crippen LogP contribution in [-0.2, 0) is 4.79 Å². The lowest BCUT2D eigenvalue weighted by molar-refractivity contribution is -0.144. The smallest absolute Gasteiger partial charge is 0.307 e. The minimum atomic E-state index is -0.766. The highest BCUT2D eigenvalue weighted by Crippen LogP contribution is 2.37. The van der Waals surface area contributed by atoms with E-state index in [2.05, 4.69) is 0 Å². The van der Waals surface area contributed by atoms with E-state index in [0.29, 0.717) is 36.6 Å². The van der Waals surface area contributed by atoms with Gasteiger partial charge in [0.05, 0.1) is 19.1 Å². The molecule has 3 atom stereocenters. The van der Waals surface area contributed by atoms with Crippen molar-refractivity contribution in [2.24, 2.45) is 5.92 Å². The molecule has 0 aliphatic carbocycles. The molecule has 2 N–H and O–H groups in total. The normalized spacial score (nSPS) is 28.5. The molecule has 0 amide bonds. The van der Waals surface area contributed by atoms with Gasteiger partial charge < -0.3 is 19.7 Å². The molecule has 6 nitrogen and oxygen atoms in total. The van der Waals surface area contributed by atoms with Gasteiger partial charge in [0, 0.05) is 12.1 Å². The van der Waals surface area contributed by atoms with E-state index < -0.39 is 12.1 Å². The van der Waals surface area contributed by atoms with Crippen LogP contribution in [0, 0.1) is 5.92 Å². The number of methoxy groups -OCH3 is 1. The van der Waals surface area contributed by atoms with E-state index in [1.54, 1.807) is 25.3 Å². The Hall–Kier alpha value is -1.79. The van der Waals surface area contributed by atoms with E-state index in [1.807, 2.05) is 4.90 Å². The van der Waals surface area contributed by atoms with Crippen LogP contribution in [0.1, 0.15) is 24.5 Å². The zero-order chi connectivity index (χ0) is 15.7. The van der Waals surface area contributed by atoms with Gasteiger partial charge in [-0.3, -0.25) is 9.69 Å². The Morgan fingerprint density at radius 2 is 2.27 bits per heavy atom. The average Bonchev–Trinajstić information content (AvgIpc) is 2.55. The van der Waals surface area contributed by atoms with Crippen molar-refractivity contribution in [1.29, 1.82) is 0 Å². The van der Waals surface area contributed by atoms with Crippen molar-refractivity contribution < 1.29 is 24.5 Å². The second-order valence-electron chi connectivity index (χ2n) is 5.90. The fourth-order valence-electron chi connectivity index (χ4n) is 3.30. The fourth-order valence-corrected chi connectivity index (χ4v) is 3.30. The van der Waals surface area contributed by atoms with Gasteiger partial charge in [-0.25, -0.2) is 0 Å². The zero-order valence-corrected chi connectivity index (χ0v) is 12.6. The number of hydrogen-bond donors (Lipinski definition) is 2. The number of likely N-dealkylation sites (tertiary alicyclic amines) is 1. The minimum Gasteiger partial charge on any atom is -0.497 e. The Morgan fingerprint density at radius 1 is 1.45 bits per heavy atom. The van der Waals surface area contributed by atoms with Crippen LogP contribution in [0.25, 0.3) is 0 Å². The van der Waals surface area contributed by atoms with Crippen LogP contribution in [0.2, 0.25) is 0 Å². The van der Waals surface area contributed by atoms with E-state index in [1.165, 1.54) is 0 Å². The second-order valence-corrected chi connectivity index (χ2v) is 5.90. The average molecular weight is 307 g/mol. The number of aliphatic hydroxyl groups is 1. The van der Waals surface area contributed by atoms with Crippen LogP contribution in [0.5, 0.6) is 11.5 Å². The van der Waals surface area contributed by atoms with Crippen molar-refractivity contribution in [1.82, 2.24) is 4.90 Å². The van der Waals surface area contributed by atoms with Gasteiger partial charge in [-0.1, -0.05) is 0 Å². The summed E-state index contributed by atoms with van der Waals surface area (Å²) < 4.78 is 11.0. The summed E-state index contributed by atoms with van der Waals surface area (Å²) in [6.07, 6.45) is 0.817. The SMILES string of the molecule is COc1ccc2c(c1)C(O)C(N1CCCC(C(=O)O)C1)CO2. The monoisotopic (exact) mass is 307 g/mol.